The van der Waals surface area contributed by atoms with Crippen LogP contribution in [0.1, 0.15) is 43.2 Å². The standard InChI is InChI=1S/C17H25NO2/c1-12-8-9-17(20-2)13(10-12)11-16(19)14-6-4-3-5-7-15(14)18/h8-10,14-15H,3-7,11,18H2,1-2H3. The molecule has 1 saturated carbocycles. The van der Waals surface area contributed by atoms with Crippen molar-refractivity contribution in [1.29, 1.82) is 0 Å². The summed E-state index contributed by atoms with van der Waals surface area (Å²) >= 11 is 0. The van der Waals surface area contributed by atoms with Gasteiger partial charge in [-0.05, 0) is 25.8 Å². The van der Waals surface area contributed by atoms with Crippen LogP contribution in [0.2, 0.25) is 0 Å². The van der Waals surface area contributed by atoms with Crippen LogP contribution in [-0.2, 0) is 11.2 Å². The Morgan fingerprint density at radius 2 is 2.05 bits per heavy atom. The predicted molar refractivity (Wildman–Crippen MR) is 81.0 cm³/mol. The summed E-state index contributed by atoms with van der Waals surface area (Å²) in [5.74, 6) is 1.08. The molecule has 2 unspecified atom stereocenters. The zero-order valence-corrected chi connectivity index (χ0v) is 12.5. The fraction of sp³-hybridized carbons (Fsp3) is 0.588. The lowest BCUT2D eigenvalue weighted by Crippen LogP contribution is -2.35. The number of rotatable bonds is 4. The van der Waals surface area contributed by atoms with E-state index < -0.39 is 0 Å². The molecule has 110 valence electrons. The molecule has 1 aromatic rings. The number of carbonyl (C=O) groups excluding carboxylic acids is 1. The first-order valence-electron chi connectivity index (χ1n) is 7.53. The highest BCUT2D eigenvalue weighted by molar-refractivity contribution is 5.84. The molecule has 2 N–H and O–H groups in total. The number of methoxy groups -OCH3 is 1. The fourth-order valence-electron chi connectivity index (χ4n) is 3.10. The van der Waals surface area contributed by atoms with Crippen molar-refractivity contribution in [3.63, 3.8) is 0 Å². The molecule has 0 amide bonds. The third-order valence-electron chi connectivity index (χ3n) is 4.28. The van der Waals surface area contributed by atoms with Gasteiger partial charge in [-0.15, -0.1) is 0 Å². The van der Waals surface area contributed by atoms with E-state index in [1.807, 2.05) is 25.1 Å². The Labute approximate surface area is 121 Å². The number of benzene rings is 1. The number of Topliss-reactive ketones (excluding diaryl/α,β-unsaturated/α-hetero) is 1. The summed E-state index contributed by atoms with van der Waals surface area (Å²) in [6.45, 7) is 2.03. The van der Waals surface area contributed by atoms with Gasteiger partial charge in [0.2, 0.25) is 0 Å². The van der Waals surface area contributed by atoms with Crippen LogP contribution in [0.25, 0.3) is 0 Å². The summed E-state index contributed by atoms with van der Waals surface area (Å²) < 4.78 is 5.36. The van der Waals surface area contributed by atoms with Gasteiger partial charge in [0.05, 0.1) is 7.11 Å². The highest BCUT2D eigenvalue weighted by Crippen LogP contribution is 2.26. The monoisotopic (exact) mass is 275 g/mol. The molecular weight excluding hydrogens is 250 g/mol. The van der Waals surface area contributed by atoms with Crippen molar-refractivity contribution in [1.82, 2.24) is 0 Å². The summed E-state index contributed by atoms with van der Waals surface area (Å²) in [5.41, 5.74) is 8.31. The molecular formula is C17H25NO2. The van der Waals surface area contributed by atoms with Gasteiger partial charge in [0.15, 0.2) is 0 Å². The summed E-state index contributed by atoms with van der Waals surface area (Å²) in [5, 5.41) is 0. The normalized spacial score (nSPS) is 23.1. The lowest BCUT2D eigenvalue weighted by atomic mass is 9.87. The van der Waals surface area contributed by atoms with E-state index in [0.717, 1.165) is 42.6 Å². The van der Waals surface area contributed by atoms with Crippen molar-refractivity contribution in [2.24, 2.45) is 11.7 Å². The Kier molecular flexibility index (Phi) is 5.18. The second kappa shape index (κ2) is 6.89. The number of hydrogen-bond donors (Lipinski definition) is 1. The van der Waals surface area contributed by atoms with Gasteiger partial charge in [-0.1, -0.05) is 37.0 Å². The molecule has 2 atom stereocenters. The first-order valence-corrected chi connectivity index (χ1v) is 7.53. The van der Waals surface area contributed by atoms with Crippen LogP contribution in [0.5, 0.6) is 5.75 Å². The topological polar surface area (TPSA) is 52.3 Å². The van der Waals surface area contributed by atoms with Gasteiger partial charge in [-0.3, -0.25) is 4.79 Å². The third-order valence-corrected chi connectivity index (χ3v) is 4.28. The number of carbonyl (C=O) groups is 1. The molecule has 3 heteroatoms. The molecule has 2 rings (SSSR count). The van der Waals surface area contributed by atoms with Crippen molar-refractivity contribution < 1.29 is 9.53 Å². The Morgan fingerprint density at radius 3 is 2.80 bits per heavy atom. The molecule has 1 aliphatic carbocycles. The molecule has 3 nitrogen and oxygen atoms in total. The lowest BCUT2D eigenvalue weighted by molar-refractivity contribution is -0.123. The first-order chi connectivity index (χ1) is 9.61. The van der Waals surface area contributed by atoms with E-state index in [9.17, 15) is 4.79 Å². The molecule has 20 heavy (non-hydrogen) atoms. The molecule has 1 fully saturated rings. The second-order valence-corrected chi connectivity index (χ2v) is 5.87. The zero-order valence-electron chi connectivity index (χ0n) is 12.5. The van der Waals surface area contributed by atoms with E-state index in [1.165, 1.54) is 6.42 Å². The van der Waals surface area contributed by atoms with Crippen LogP contribution in [0.4, 0.5) is 0 Å². The Bertz CT molecular complexity index is 470. The minimum Gasteiger partial charge on any atom is -0.496 e. The van der Waals surface area contributed by atoms with Crippen LogP contribution >= 0.6 is 0 Å². The summed E-state index contributed by atoms with van der Waals surface area (Å²) in [7, 11) is 1.65. The van der Waals surface area contributed by atoms with E-state index in [1.54, 1.807) is 7.11 Å². The van der Waals surface area contributed by atoms with Gasteiger partial charge in [0.1, 0.15) is 11.5 Å². The van der Waals surface area contributed by atoms with Crippen LogP contribution in [-0.4, -0.2) is 18.9 Å². The van der Waals surface area contributed by atoms with E-state index in [4.69, 9.17) is 10.5 Å². The maximum atomic E-state index is 12.6. The van der Waals surface area contributed by atoms with Crippen molar-refractivity contribution in [3.05, 3.63) is 29.3 Å². The molecule has 0 heterocycles. The van der Waals surface area contributed by atoms with Gasteiger partial charge >= 0.3 is 0 Å². The van der Waals surface area contributed by atoms with Gasteiger partial charge in [0.25, 0.3) is 0 Å². The highest BCUT2D eigenvalue weighted by atomic mass is 16.5. The van der Waals surface area contributed by atoms with Gasteiger partial charge in [-0.2, -0.15) is 0 Å². The minimum atomic E-state index is 0.0164. The maximum absolute atomic E-state index is 12.6. The van der Waals surface area contributed by atoms with Crippen molar-refractivity contribution in [2.45, 2.75) is 51.5 Å². The number of ketones is 1. The molecule has 0 saturated heterocycles. The van der Waals surface area contributed by atoms with E-state index in [-0.39, 0.29) is 17.7 Å². The van der Waals surface area contributed by atoms with E-state index in [2.05, 4.69) is 0 Å². The Hall–Kier alpha value is -1.35. The average Bonchev–Trinajstić information content (AvgIpc) is 2.63. The lowest BCUT2D eigenvalue weighted by Gasteiger charge is -2.20. The van der Waals surface area contributed by atoms with Crippen molar-refractivity contribution in [2.75, 3.05) is 7.11 Å². The molecule has 0 aromatic heterocycles. The predicted octanol–water partition coefficient (Wildman–Crippen LogP) is 3.02. The fourth-order valence-corrected chi connectivity index (χ4v) is 3.10. The molecule has 1 aromatic carbocycles. The first kappa shape index (κ1) is 15.0. The largest absolute Gasteiger partial charge is 0.496 e. The molecule has 1 aliphatic rings. The molecule has 0 radical (unpaired) electrons. The summed E-state index contributed by atoms with van der Waals surface area (Å²) in [4.78, 5) is 12.6. The summed E-state index contributed by atoms with van der Waals surface area (Å²) in [6.07, 6.45) is 5.82. The number of hydrogen-bond acceptors (Lipinski definition) is 3. The number of aryl methyl sites for hydroxylation is 1. The van der Waals surface area contributed by atoms with E-state index >= 15 is 0 Å². The SMILES string of the molecule is COc1ccc(C)cc1CC(=O)C1CCCCCC1N. The Balaban J connectivity index is 2.12. The molecule has 0 bridgehead atoms. The van der Waals surface area contributed by atoms with Crippen LogP contribution in [0.3, 0.4) is 0 Å². The third kappa shape index (κ3) is 3.60. The van der Waals surface area contributed by atoms with Gasteiger partial charge in [0, 0.05) is 23.9 Å². The molecule has 0 spiro atoms. The maximum Gasteiger partial charge on any atom is 0.142 e. The minimum absolute atomic E-state index is 0.0164. The van der Waals surface area contributed by atoms with Crippen molar-refractivity contribution >= 4 is 5.78 Å². The van der Waals surface area contributed by atoms with Crippen molar-refractivity contribution in [3.8, 4) is 5.75 Å². The van der Waals surface area contributed by atoms with Crippen LogP contribution in [0.15, 0.2) is 18.2 Å². The highest BCUT2D eigenvalue weighted by Gasteiger charge is 2.27. The molecule has 0 aliphatic heterocycles. The average molecular weight is 275 g/mol. The summed E-state index contributed by atoms with van der Waals surface area (Å²) in [6, 6.07) is 6.01. The quantitative estimate of drug-likeness (QED) is 0.859. The number of ether oxygens (including phenoxy) is 1. The zero-order chi connectivity index (χ0) is 14.5. The Morgan fingerprint density at radius 1 is 1.30 bits per heavy atom. The van der Waals surface area contributed by atoms with Crippen LogP contribution in [0, 0.1) is 12.8 Å². The van der Waals surface area contributed by atoms with Gasteiger partial charge in [-0.25, -0.2) is 0 Å². The van der Waals surface area contributed by atoms with Gasteiger partial charge < -0.3 is 10.5 Å². The number of nitrogens with two attached hydrogens (primary N) is 1. The van der Waals surface area contributed by atoms with E-state index in [0.29, 0.717) is 6.42 Å². The van der Waals surface area contributed by atoms with Crippen LogP contribution < -0.4 is 10.5 Å². The second-order valence-electron chi connectivity index (χ2n) is 5.87. The smallest absolute Gasteiger partial charge is 0.142 e.